The van der Waals surface area contributed by atoms with Crippen molar-refractivity contribution < 1.29 is 26.3 Å². The van der Waals surface area contributed by atoms with Crippen molar-refractivity contribution in [3.05, 3.63) is 53.3 Å². The van der Waals surface area contributed by atoms with Crippen LogP contribution in [0.5, 0.6) is 0 Å². The normalized spacial score (nSPS) is 16.7. The average Bonchev–Trinajstić information content (AvgIpc) is 3.44. The van der Waals surface area contributed by atoms with Crippen LogP contribution >= 0.6 is 11.8 Å². The Morgan fingerprint density at radius 1 is 1.12 bits per heavy atom. The van der Waals surface area contributed by atoms with Crippen LogP contribution in [-0.2, 0) is 27.1 Å². The van der Waals surface area contributed by atoms with Gasteiger partial charge in [0.05, 0.1) is 28.6 Å². The number of nitrogens with zero attached hydrogens (tertiary/aromatic N) is 3. The zero-order valence-electron chi connectivity index (χ0n) is 18.9. The predicted octanol–water partition coefficient (Wildman–Crippen LogP) is 4.96. The number of fused-ring (bicyclic) bond motifs is 1. The molecule has 3 aromatic rings. The van der Waals surface area contributed by atoms with Crippen LogP contribution in [0.25, 0.3) is 11.0 Å². The molecule has 0 N–H and O–H groups in total. The van der Waals surface area contributed by atoms with E-state index in [-0.39, 0.29) is 22.3 Å². The Morgan fingerprint density at radius 3 is 2.53 bits per heavy atom. The van der Waals surface area contributed by atoms with Crippen LogP contribution in [0, 0.1) is 17.5 Å². The number of sulfonamides is 1. The molecule has 2 aromatic carbocycles. The summed E-state index contributed by atoms with van der Waals surface area (Å²) in [5.74, 6) is -3.15. The maximum Gasteiger partial charge on any atom is 0.243 e. The first-order valence-corrected chi connectivity index (χ1v) is 13.5. The van der Waals surface area contributed by atoms with Gasteiger partial charge in [-0.1, -0.05) is 25.6 Å². The maximum atomic E-state index is 14.2. The minimum atomic E-state index is -3.66. The fourth-order valence-corrected chi connectivity index (χ4v) is 6.53. The number of hydrogen-bond acceptors (Lipinski definition) is 5. The van der Waals surface area contributed by atoms with Crippen molar-refractivity contribution in [1.82, 2.24) is 13.9 Å². The topological polar surface area (TPSA) is 64.4 Å². The van der Waals surface area contributed by atoms with Gasteiger partial charge in [-0.15, -0.1) is 0 Å². The van der Waals surface area contributed by atoms with E-state index in [1.807, 2.05) is 4.57 Å². The molecular formula is C23H26F3N3O3S2. The van der Waals surface area contributed by atoms with E-state index in [9.17, 15) is 21.6 Å². The van der Waals surface area contributed by atoms with Gasteiger partial charge >= 0.3 is 0 Å². The van der Waals surface area contributed by atoms with Crippen LogP contribution in [-0.4, -0.2) is 48.1 Å². The third-order valence-electron chi connectivity index (χ3n) is 5.88. The minimum Gasteiger partial charge on any atom is -0.376 e. The molecule has 1 saturated heterocycles. The molecule has 11 heteroatoms. The van der Waals surface area contributed by atoms with Crippen molar-refractivity contribution in [2.75, 3.05) is 19.7 Å². The first-order chi connectivity index (χ1) is 16.2. The van der Waals surface area contributed by atoms with Gasteiger partial charge < -0.3 is 9.30 Å². The molecule has 34 heavy (non-hydrogen) atoms. The molecule has 1 atom stereocenters. The second kappa shape index (κ2) is 10.3. The number of hydrogen-bond donors (Lipinski definition) is 0. The van der Waals surface area contributed by atoms with E-state index < -0.39 is 27.5 Å². The van der Waals surface area contributed by atoms with E-state index in [2.05, 4.69) is 4.98 Å². The summed E-state index contributed by atoms with van der Waals surface area (Å²) >= 11 is 1.17. The molecule has 0 spiro atoms. The molecule has 1 fully saturated rings. The van der Waals surface area contributed by atoms with Crippen molar-refractivity contribution >= 4 is 32.8 Å². The maximum absolute atomic E-state index is 14.2. The highest BCUT2D eigenvalue weighted by Gasteiger charge is 2.25. The van der Waals surface area contributed by atoms with Gasteiger partial charge in [0.15, 0.2) is 16.8 Å². The lowest BCUT2D eigenvalue weighted by Gasteiger charge is -2.18. The first kappa shape index (κ1) is 25.0. The summed E-state index contributed by atoms with van der Waals surface area (Å²) in [4.78, 5) is 4.77. The van der Waals surface area contributed by atoms with Gasteiger partial charge in [0.25, 0.3) is 0 Å². The monoisotopic (exact) mass is 513 g/mol. The Hall–Kier alpha value is -2.08. The Kier molecular flexibility index (Phi) is 7.56. The lowest BCUT2D eigenvalue weighted by Crippen LogP contribution is -2.30. The molecular weight excluding hydrogens is 487 g/mol. The molecule has 6 nitrogen and oxygen atoms in total. The third-order valence-corrected chi connectivity index (χ3v) is 8.96. The van der Waals surface area contributed by atoms with E-state index in [0.717, 1.165) is 24.4 Å². The zero-order valence-corrected chi connectivity index (χ0v) is 20.6. The van der Waals surface area contributed by atoms with Crippen LogP contribution in [0.15, 0.2) is 40.4 Å². The molecule has 0 saturated carbocycles. The van der Waals surface area contributed by atoms with Crippen molar-refractivity contribution in [3.63, 3.8) is 0 Å². The molecule has 184 valence electrons. The van der Waals surface area contributed by atoms with Gasteiger partial charge in [-0.25, -0.2) is 26.6 Å². The standard InChI is InChI=1S/C23H26F3N3O3S2/c1-3-28(4-2)34(30,31)17-7-8-22-21(11-17)27-23(29(22)13-16-6-5-9-32-16)33-14-15-10-19(25)20(26)12-18(15)24/h7-8,10-12,16H,3-6,9,13-14H2,1-2H3/t16-/m1/s1. The number of halogens is 3. The zero-order chi connectivity index (χ0) is 24.5. The van der Waals surface area contributed by atoms with E-state index in [0.29, 0.717) is 43.0 Å². The third kappa shape index (κ3) is 4.98. The summed E-state index contributed by atoms with van der Waals surface area (Å²) in [6, 6.07) is 6.20. The largest absolute Gasteiger partial charge is 0.376 e. The summed E-state index contributed by atoms with van der Waals surface area (Å²) in [5, 5.41) is 0.520. The highest BCUT2D eigenvalue weighted by molar-refractivity contribution is 7.98. The van der Waals surface area contributed by atoms with Gasteiger partial charge in [-0.3, -0.25) is 0 Å². The van der Waals surface area contributed by atoms with Gasteiger partial charge in [-0.05, 0) is 37.1 Å². The molecule has 1 aliphatic heterocycles. The predicted molar refractivity (Wildman–Crippen MR) is 125 cm³/mol. The summed E-state index contributed by atoms with van der Waals surface area (Å²) in [7, 11) is -3.66. The molecule has 0 aliphatic carbocycles. The van der Waals surface area contributed by atoms with E-state index in [1.165, 1.54) is 22.1 Å². The van der Waals surface area contributed by atoms with E-state index >= 15 is 0 Å². The van der Waals surface area contributed by atoms with Crippen LogP contribution in [0.3, 0.4) is 0 Å². The molecule has 0 bridgehead atoms. The first-order valence-electron chi connectivity index (χ1n) is 11.1. The quantitative estimate of drug-likeness (QED) is 0.299. The van der Waals surface area contributed by atoms with E-state index in [4.69, 9.17) is 4.74 Å². The van der Waals surface area contributed by atoms with Crippen LogP contribution < -0.4 is 0 Å². The Balaban J connectivity index is 1.71. The summed E-state index contributed by atoms with van der Waals surface area (Å²) < 4.78 is 76.1. The number of aromatic nitrogens is 2. The van der Waals surface area contributed by atoms with Crippen molar-refractivity contribution in [3.8, 4) is 0 Å². The van der Waals surface area contributed by atoms with Gasteiger partial charge in [0, 0.05) is 37.1 Å². The summed E-state index contributed by atoms with van der Waals surface area (Å²) in [6.45, 7) is 5.44. The fourth-order valence-electron chi connectivity index (χ4n) is 4.06. The average molecular weight is 514 g/mol. The van der Waals surface area contributed by atoms with Crippen LogP contribution in [0.2, 0.25) is 0 Å². The SMILES string of the molecule is CCN(CC)S(=O)(=O)c1ccc2c(c1)nc(SCc1cc(F)c(F)cc1F)n2C[C@H]1CCCO1. The number of benzene rings is 2. The number of ether oxygens (including phenoxy) is 1. The second-order valence-corrected chi connectivity index (χ2v) is 10.9. The molecule has 0 amide bonds. The van der Waals surface area contributed by atoms with Gasteiger partial charge in [-0.2, -0.15) is 4.31 Å². The number of rotatable bonds is 9. The Labute approximate surface area is 201 Å². The van der Waals surface area contributed by atoms with Crippen molar-refractivity contribution in [2.24, 2.45) is 0 Å². The van der Waals surface area contributed by atoms with Gasteiger partial charge in [0.2, 0.25) is 10.0 Å². The minimum absolute atomic E-state index is 0.0177. The molecule has 1 aromatic heterocycles. The molecule has 1 aliphatic rings. The smallest absolute Gasteiger partial charge is 0.243 e. The summed E-state index contributed by atoms with van der Waals surface area (Å²) in [6.07, 6.45) is 1.82. The van der Waals surface area contributed by atoms with Crippen LogP contribution in [0.4, 0.5) is 13.2 Å². The lowest BCUT2D eigenvalue weighted by atomic mass is 10.2. The molecule has 0 radical (unpaired) electrons. The highest BCUT2D eigenvalue weighted by Crippen LogP contribution is 2.31. The number of imidazole rings is 1. The summed E-state index contributed by atoms with van der Waals surface area (Å²) in [5.41, 5.74) is 1.23. The van der Waals surface area contributed by atoms with Crippen molar-refractivity contribution in [2.45, 2.75) is 55.1 Å². The fraction of sp³-hybridized carbons (Fsp3) is 0.435. The Morgan fingerprint density at radius 2 is 1.85 bits per heavy atom. The number of thioether (sulfide) groups is 1. The van der Waals surface area contributed by atoms with Crippen molar-refractivity contribution in [1.29, 1.82) is 0 Å². The van der Waals surface area contributed by atoms with Crippen LogP contribution in [0.1, 0.15) is 32.3 Å². The highest BCUT2D eigenvalue weighted by atomic mass is 32.2. The lowest BCUT2D eigenvalue weighted by molar-refractivity contribution is 0.0960. The second-order valence-electron chi connectivity index (χ2n) is 8.03. The molecule has 2 heterocycles. The molecule has 0 unspecified atom stereocenters. The van der Waals surface area contributed by atoms with E-state index in [1.54, 1.807) is 26.0 Å². The van der Waals surface area contributed by atoms with Gasteiger partial charge in [0.1, 0.15) is 5.82 Å². The Bertz CT molecular complexity index is 1290. The molecule has 4 rings (SSSR count).